The fourth-order valence-corrected chi connectivity index (χ4v) is 3.15. The molecule has 0 unspecified atom stereocenters. The Labute approximate surface area is 159 Å². The average molecular weight is 392 g/mol. The van der Waals surface area contributed by atoms with Gasteiger partial charge in [0.1, 0.15) is 17.0 Å². The molecule has 0 aliphatic carbocycles. The van der Waals surface area contributed by atoms with Crippen molar-refractivity contribution < 1.29 is 17.9 Å². The minimum Gasteiger partial charge on any atom is -0.379 e. The van der Waals surface area contributed by atoms with Crippen LogP contribution in [0.5, 0.6) is 0 Å². The molecule has 0 saturated carbocycles. The van der Waals surface area contributed by atoms with E-state index < -0.39 is 23.1 Å². The average Bonchev–Trinajstić information content (AvgIpc) is 3.24. The SMILES string of the molecule is CC(C)Nc1ncc2nc(Nc3c(F)cc(F)cc3F)n([C@H]3CCOC3)c2n1. The molecule has 4 rings (SSSR count). The van der Waals surface area contributed by atoms with Crippen LogP contribution in [0.4, 0.5) is 30.8 Å². The van der Waals surface area contributed by atoms with E-state index in [0.717, 1.165) is 0 Å². The van der Waals surface area contributed by atoms with Gasteiger partial charge in [0.15, 0.2) is 17.3 Å². The Morgan fingerprint density at radius 2 is 1.93 bits per heavy atom. The third-order valence-corrected chi connectivity index (χ3v) is 4.37. The van der Waals surface area contributed by atoms with Crippen LogP contribution in [0.3, 0.4) is 0 Å². The number of ether oxygens (including phenoxy) is 1. The summed E-state index contributed by atoms with van der Waals surface area (Å²) in [7, 11) is 0. The van der Waals surface area contributed by atoms with Gasteiger partial charge in [0.05, 0.1) is 18.8 Å². The lowest BCUT2D eigenvalue weighted by atomic mass is 10.2. The number of hydrogen-bond acceptors (Lipinski definition) is 6. The van der Waals surface area contributed by atoms with Gasteiger partial charge in [-0.2, -0.15) is 4.98 Å². The summed E-state index contributed by atoms with van der Waals surface area (Å²) in [4.78, 5) is 13.1. The predicted octanol–water partition coefficient (Wildman–Crippen LogP) is 3.77. The first-order valence-electron chi connectivity index (χ1n) is 8.93. The first kappa shape index (κ1) is 18.5. The molecule has 1 aliphatic rings. The standard InChI is InChI=1S/C18H19F3N6O/c1-9(2)23-17-22-7-14-16(26-17)27(11-3-4-28-8-11)18(24-14)25-15-12(20)5-10(19)6-13(15)21/h5-7,9,11H,3-4,8H2,1-2H3,(H,24,25)(H,22,23,26)/t11-/m0/s1. The van der Waals surface area contributed by atoms with Gasteiger partial charge in [-0.05, 0) is 20.3 Å². The molecule has 148 valence electrons. The van der Waals surface area contributed by atoms with Crippen LogP contribution < -0.4 is 10.6 Å². The molecule has 3 heterocycles. The second-order valence-electron chi connectivity index (χ2n) is 6.89. The van der Waals surface area contributed by atoms with E-state index in [4.69, 9.17) is 4.74 Å². The van der Waals surface area contributed by atoms with Gasteiger partial charge >= 0.3 is 0 Å². The highest BCUT2D eigenvalue weighted by molar-refractivity contribution is 5.76. The fraction of sp³-hybridized carbons (Fsp3) is 0.389. The van der Waals surface area contributed by atoms with Gasteiger partial charge in [-0.25, -0.2) is 23.1 Å². The largest absolute Gasteiger partial charge is 0.379 e. The number of imidazole rings is 1. The summed E-state index contributed by atoms with van der Waals surface area (Å²) in [6.45, 7) is 4.90. The zero-order valence-electron chi connectivity index (χ0n) is 15.3. The zero-order valence-corrected chi connectivity index (χ0v) is 15.3. The Bertz CT molecular complexity index is 993. The quantitative estimate of drug-likeness (QED) is 0.688. The Kier molecular flexibility index (Phi) is 4.80. The van der Waals surface area contributed by atoms with Crippen molar-refractivity contribution in [2.24, 2.45) is 0 Å². The van der Waals surface area contributed by atoms with Crippen LogP contribution in [0.1, 0.15) is 26.3 Å². The van der Waals surface area contributed by atoms with Crippen LogP contribution in [0.25, 0.3) is 11.2 Å². The number of aromatic nitrogens is 4. The number of halogens is 3. The molecule has 28 heavy (non-hydrogen) atoms. The van der Waals surface area contributed by atoms with Crippen LogP contribution in [-0.4, -0.2) is 38.8 Å². The molecule has 2 aromatic heterocycles. The highest BCUT2D eigenvalue weighted by Gasteiger charge is 2.26. The molecular weight excluding hydrogens is 373 g/mol. The van der Waals surface area contributed by atoms with E-state index in [1.54, 1.807) is 10.8 Å². The van der Waals surface area contributed by atoms with E-state index in [9.17, 15) is 13.2 Å². The number of benzene rings is 1. The molecule has 1 atom stereocenters. The van der Waals surface area contributed by atoms with Crippen molar-refractivity contribution in [3.05, 3.63) is 35.8 Å². The molecule has 10 heteroatoms. The summed E-state index contributed by atoms with van der Waals surface area (Å²) in [5.74, 6) is -2.48. The molecule has 3 aromatic rings. The molecular formula is C18H19F3N6O. The summed E-state index contributed by atoms with van der Waals surface area (Å²) in [5.41, 5.74) is 0.496. The number of fused-ring (bicyclic) bond motifs is 1. The van der Waals surface area contributed by atoms with Crippen LogP contribution in [-0.2, 0) is 4.74 Å². The highest BCUT2D eigenvalue weighted by atomic mass is 19.1. The van der Waals surface area contributed by atoms with Crippen molar-refractivity contribution in [1.82, 2.24) is 19.5 Å². The lowest BCUT2D eigenvalue weighted by molar-refractivity contribution is 0.187. The molecule has 0 bridgehead atoms. The maximum atomic E-state index is 14.1. The van der Waals surface area contributed by atoms with E-state index in [2.05, 4.69) is 25.6 Å². The van der Waals surface area contributed by atoms with E-state index in [1.807, 2.05) is 13.8 Å². The Hall–Kier alpha value is -2.88. The molecule has 1 saturated heterocycles. The molecule has 1 aliphatic heterocycles. The fourth-order valence-electron chi connectivity index (χ4n) is 3.15. The molecule has 1 fully saturated rings. The van der Waals surface area contributed by atoms with Crippen molar-refractivity contribution in [1.29, 1.82) is 0 Å². The van der Waals surface area contributed by atoms with Crippen molar-refractivity contribution >= 4 is 28.7 Å². The second-order valence-corrected chi connectivity index (χ2v) is 6.89. The summed E-state index contributed by atoms with van der Waals surface area (Å²) >= 11 is 0. The summed E-state index contributed by atoms with van der Waals surface area (Å²) in [5, 5.41) is 5.78. The summed E-state index contributed by atoms with van der Waals surface area (Å²) in [6.07, 6.45) is 2.24. The number of nitrogens with one attached hydrogen (secondary N) is 2. The Morgan fingerprint density at radius 1 is 1.18 bits per heavy atom. The van der Waals surface area contributed by atoms with Gasteiger partial charge in [-0.15, -0.1) is 0 Å². The third-order valence-electron chi connectivity index (χ3n) is 4.37. The monoisotopic (exact) mass is 392 g/mol. The van der Waals surface area contributed by atoms with Crippen LogP contribution in [0.2, 0.25) is 0 Å². The highest BCUT2D eigenvalue weighted by Crippen LogP contribution is 2.32. The van der Waals surface area contributed by atoms with Gasteiger partial charge in [0.2, 0.25) is 11.9 Å². The van der Waals surface area contributed by atoms with Crippen LogP contribution >= 0.6 is 0 Å². The lowest BCUT2D eigenvalue weighted by Crippen LogP contribution is -2.15. The van der Waals surface area contributed by atoms with Crippen molar-refractivity contribution in [2.75, 3.05) is 23.8 Å². The van der Waals surface area contributed by atoms with E-state index in [0.29, 0.717) is 48.9 Å². The first-order chi connectivity index (χ1) is 13.4. The minimum atomic E-state index is -1.05. The summed E-state index contributed by atoms with van der Waals surface area (Å²) in [6, 6.07) is 1.24. The first-order valence-corrected chi connectivity index (χ1v) is 8.93. The number of hydrogen-bond donors (Lipinski definition) is 2. The second kappa shape index (κ2) is 7.27. The summed E-state index contributed by atoms with van der Waals surface area (Å²) < 4.78 is 48.7. The molecule has 0 amide bonds. The van der Waals surface area contributed by atoms with E-state index >= 15 is 0 Å². The molecule has 7 nitrogen and oxygen atoms in total. The molecule has 2 N–H and O–H groups in total. The van der Waals surface area contributed by atoms with Crippen molar-refractivity contribution in [2.45, 2.75) is 32.4 Å². The van der Waals surface area contributed by atoms with Gasteiger partial charge in [-0.1, -0.05) is 0 Å². The van der Waals surface area contributed by atoms with Crippen LogP contribution in [0, 0.1) is 17.5 Å². The topological polar surface area (TPSA) is 76.9 Å². The maximum Gasteiger partial charge on any atom is 0.224 e. The van der Waals surface area contributed by atoms with E-state index in [1.165, 1.54) is 0 Å². The Balaban J connectivity index is 1.82. The van der Waals surface area contributed by atoms with Gasteiger partial charge in [0.25, 0.3) is 0 Å². The minimum absolute atomic E-state index is 0.110. The van der Waals surface area contributed by atoms with Gasteiger partial charge < -0.3 is 15.4 Å². The van der Waals surface area contributed by atoms with Gasteiger partial charge in [-0.3, -0.25) is 4.57 Å². The Morgan fingerprint density at radius 3 is 2.57 bits per heavy atom. The number of anilines is 3. The number of nitrogens with zero attached hydrogens (tertiary/aromatic N) is 4. The normalized spacial score (nSPS) is 16.9. The van der Waals surface area contributed by atoms with Crippen LogP contribution in [0.15, 0.2) is 18.3 Å². The zero-order chi connectivity index (χ0) is 19.8. The van der Waals surface area contributed by atoms with E-state index in [-0.39, 0.29) is 18.0 Å². The molecule has 0 radical (unpaired) electrons. The number of rotatable bonds is 5. The van der Waals surface area contributed by atoms with Crippen molar-refractivity contribution in [3.63, 3.8) is 0 Å². The predicted molar refractivity (Wildman–Crippen MR) is 98.2 cm³/mol. The van der Waals surface area contributed by atoms with Gasteiger partial charge in [0, 0.05) is 24.8 Å². The third kappa shape index (κ3) is 3.47. The maximum absolute atomic E-state index is 14.1. The molecule has 1 aromatic carbocycles. The molecule has 0 spiro atoms. The smallest absolute Gasteiger partial charge is 0.224 e. The van der Waals surface area contributed by atoms with Crippen molar-refractivity contribution in [3.8, 4) is 0 Å². The lowest BCUT2D eigenvalue weighted by Gasteiger charge is -2.16.